The summed E-state index contributed by atoms with van der Waals surface area (Å²) in [6.07, 6.45) is 1.82. The van der Waals surface area contributed by atoms with Crippen LogP contribution in [0.5, 0.6) is 5.75 Å². The van der Waals surface area contributed by atoms with Crippen LogP contribution in [0.25, 0.3) is 0 Å². The van der Waals surface area contributed by atoms with Gasteiger partial charge in [0, 0.05) is 17.9 Å². The number of carbonyl (C=O) groups excluding carboxylic acids is 1. The smallest absolute Gasteiger partial charge is 0.260 e. The monoisotopic (exact) mass is 301 g/mol. The lowest BCUT2D eigenvalue weighted by Gasteiger charge is -2.23. The summed E-state index contributed by atoms with van der Waals surface area (Å²) < 4.78 is 13.6. The second-order valence-corrected chi connectivity index (χ2v) is 4.73. The normalized spacial score (nSPS) is 19.6. The molecule has 2 rings (SSSR count). The SMILES string of the molecule is O=C(c1c(O)cccc1F)N1CCCC1CBr. The van der Waals surface area contributed by atoms with Crippen LogP contribution in [0.1, 0.15) is 23.2 Å². The molecule has 1 aromatic carbocycles. The fourth-order valence-corrected chi connectivity index (χ4v) is 2.80. The molecule has 1 heterocycles. The van der Waals surface area contributed by atoms with Gasteiger partial charge >= 0.3 is 0 Å². The van der Waals surface area contributed by atoms with E-state index in [4.69, 9.17) is 0 Å². The highest BCUT2D eigenvalue weighted by molar-refractivity contribution is 9.09. The Labute approximate surface area is 107 Å². The Kier molecular flexibility index (Phi) is 3.66. The molecule has 5 heteroatoms. The van der Waals surface area contributed by atoms with Crippen LogP contribution < -0.4 is 0 Å². The zero-order chi connectivity index (χ0) is 12.4. The summed E-state index contributed by atoms with van der Waals surface area (Å²) in [6, 6.07) is 3.98. The Morgan fingerprint density at radius 3 is 3.00 bits per heavy atom. The number of halogens is 2. The molecule has 3 nitrogen and oxygen atoms in total. The zero-order valence-electron chi connectivity index (χ0n) is 9.20. The molecular weight excluding hydrogens is 289 g/mol. The van der Waals surface area contributed by atoms with Crippen LogP contribution in [0.2, 0.25) is 0 Å². The number of benzene rings is 1. The van der Waals surface area contributed by atoms with Gasteiger partial charge < -0.3 is 10.0 Å². The molecule has 0 aromatic heterocycles. The minimum absolute atomic E-state index is 0.0847. The van der Waals surface area contributed by atoms with Crippen LogP contribution in [0, 0.1) is 5.82 Å². The maximum atomic E-state index is 13.6. The van der Waals surface area contributed by atoms with Crippen LogP contribution in [0.4, 0.5) is 4.39 Å². The van der Waals surface area contributed by atoms with E-state index in [9.17, 15) is 14.3 Å². The fourth-order valence-electron chi connectivity index (χ4n) is 2.13. The number of phenols is 1. The highest BCUT2D eigenvalue weighted by Crippen LogP contribution is 2.26. The molecule has 1 aliphatic heterocycles. The van der Waals surface area contributed by atoms with Gasteiger partial charge in [-0.25, -0.2) is 4.39 Å². The fraction of sp³-hybridized carbons (Fsp3) is 0.417. The van der Waals surface area contributed by atoms with Crippen molar-refractivity contribution in [3.05, 3.63) is 29.6 Å². The minimum Gasteiger partial charge on any atom is -0.507 e. The third kappa shape index (κ3) is 2.29. The van der Waals surface area contributed by atoms with Crippen molar-refractivity contribution in [2.45, 2.75) is 18.9 Å². The van der Waals surface area contributed by atoms with Crippen molar-refractivity contribution in [2.24, 2.45) is 0 Å². The molecule has 1 N–H and O–H groups in total. The molecule has 1 fully saturated rings. The second-order valence-electron chi connectivity index (χ2n) is 4.08. The van der Waals surface area contributed by atoms with Gasteiger partial charge in [0.25, 0.3) is 5.91 Å². The van der Waals surface area contributed by atoms with Gasteiger partial charge in [0.15, 0.2) is 0 Å². The molecule has 1 saturated heterocycles. The summed E-state index contributed by atoms with van der Waals surface area (Å²) in [5.41, 5.74) is -0.222. The van der Waals surface area contributed by atoms with Crippen LogP contribution in [0.3, 0.4) is 0 Å². The van der Waals surface area contributed by atoms with Crippen molar-refractivity contribution >= 4 is 21.8 Å². The standard InChI is InChI=1S/C12H13BrFNO2/c13-7-8-3-2-6-15(8)12(17)11-9(14)4-1-5-10(11)16/h1,4-5,8,16H,2-3,6-7H2. The highest BCUT2D eigenvalue weighted by Gasteiger charge is 2.31. The summed E-state index contributed by atoms with van der Waals surface area (Å²) in [5.74, 6) is -1.40. The first-order valence-corrected chi connectivity index (χ1v) is 6.61. The van der Waals surface area contributed by atoms with E-state index >= 15 is 0 Å². The first-order chi connectivity index (χ1) is 8.15. The molecule has 0 bridgehead atoms. The van der Waals surface area contributed by atoms with Gasteiger partial charge in [0.2, 0.25) is 0 Å². The molecule has 1 unspecified atom stereocenters. The Morgan fingerprint density at radius 2 is 2.35 bits per heavy atom. The molecule has 1 amide bonds. The number of phenolic OH excluding ortho intramolecular Hbond substituents is 1. The van der Waals surface area contributed by atoms with Gasteiger partial charge in [-0.15, -0.1) is 0 Å². The highest BCUT2D eigenvalue weighted by atomic mass is 79.9. The van der Waals surface area contributed by atoms with Crippen molar-refractivity contribution in [1.29, 1.82) is 0 Å². The molecule has 1 atom stereocenters. The van der Waals surface area contributed by atoms with Gasteiger partial charge in [-0.2, -0.15) is 0 Å². The lowest BCUT2D eigenvalue weighted by Crippen LogP contribution is -2.36. The maximum Gasteiger partial charge on any atom is 0.260 e. The van der Waals surface area contributed by atoms with E-state index < -0.39 is 11.7 Å². The average Bonchev–Trinajstić information content (AvgIpc) is 2.76. The summed E-state index contributed by atoms with van der Waals surface area (Å²) >= 11 is 3.34. The van der Waals surface area contributed by atoms with Crippen LogP contribution >= 0.6 is 15.9 Å². The van der Waals surface area contributed by atoms with Gasteiger partial charge in [0.05, 0.1) is 0 Å². The number of amides is 1. The molecule has 1 aromatic rings. The van der Waals surface area contributed by atoms with Crippen LogP contribution in [0.15, 0.2) is 18.2 Å². The third-order valence-electron chi connectivity index (χ3n) is 3.02. The zero-order valence-corrected chi connectivity index (χ0v) is 10.8. The number of rotatable bonds is 2. The molecule has 1 aliphatic rings. The number of carbonyl (C=O) groups is 1. The summed E-state index contributed by atoms with van der Waals surface area (Å²) in [5, 5.41) is 10.3. The van der Waals surface area contributed by atoms with Crippen LogP contribution in [-0.2, 0) is 0 Å². The topological polar surface area (TPSA) is 40.5 Å². The molecular formula is C12H13BrFNO2. The number of hydrogen-bond donors (Lipinski definition) is 1. The third-order valence-corrected chi connectivity index (χ3v) is 3.77. The van der Waals surface area contributed by atoms with E-state index in [0.717, 1.165) is 12.8 Å². The Balaban J connectivity index is 2.31. The lowest BCUT2D eigenvalue weighted by molar-refractivity contribution is 0.0742. The lowest BCUT2D eigenvalue weighted by atomic mass is 10.1. The summed E-state index contributed by atoms with van der Waals surface area (Å²) in [4.78, 5) is 13.8. The average molecular weight is 302 g/mol. The van der Waals surface area contributed by atoms with Crippen molar-refractivity contribution in [1.82, 2.24) is 4.90 Å². The second kappa shape index (κ2) is 5.04. The largest absolute Gasteiger partial charge is 0.507 e. The number of hydrogen-bond acceptors (Lipinski definition) is 2. The molecule has 0 saturated carbocycles. The van der Waals surface area contributed by atoms with Gasteiger partial charge in [-0.3, -0.25) is 4.79 Å². The van der Waals surface area contributed by atoms with Gasteiger partial charge in [0.1, 0.15) is 17.1 Å². The van der Waals surface area contributed by atoms with E-state index in [1.165, 1.54) is 18.2 Å². The van der Waals surface area contributed by atoms with E-state index in [1.807, 2.05) is 0 Å². The first-order valence-electron chi connectivity index (χ1n) is 5.49. The number of aromatic hydroxyl groups is 1. The summed E-state index contributed by atoms with van der Waals surface area (Å²) in [6.45, 7) is 0.614. The van der Waals surface area contributed by atoms with E-state index in [-0.39, 0.29) is 17.4 Å². The molecule has 0 radical (unpaired) electrons. The van der Waals surface area contributed by atoms with Crippen molar-refractivity contribution in [3.8, 4) is 5.75 Å². The predicted molar refractivity (Wildman–Crippen MR) is 65.9 cm³/mol. The number of likely N-dealkylation sites (tertiary alicyclic amines) is 1. The van der Waals surface area contributed by atoms with E-state index in [0.29, 0.717) is 11.9 Å². The molecule has 92 valence electrons. The maximum absolute atomic E-state index is 13.6. The van der Waals surface area contributed by atoms with Crippen molar-refractivity contribution in [2.75, 3.05) is 11.9 Å². The van der Waals surface area contributed by atoms with E-state index in [2.05, 4.69) is 15.9 Å². The van der Waals surface area contributed by atoms with Gasteiger partial charge in [-0.05, 0) is 25.0 Å². The summed E-state index contributed by atoms with van der Waals surface area (Å²) in [7, 11) is 0. The predicted octanol–water partition coefficient (Wildman–Crippen LogP) is 2.53. The molecule has 17 heavy (non-hydrogen) atoms. The Morgan fingerprint density at radius 1 is 1.59 bits per heavy atom. The Bertz CT molecular complexity index is 418. The van der Waals surface area contributed by atoms with Crippen LogP contribution in [-0.4, -0.2) is 33.8 Å². The molecule has 0 aliphatic carbocycles. The first kappa shape index (κ1) is 12.4. The number of alkyl halides is 1. The number of nitrogens with zero attached hydrogens (tertiary/aromatic N) is 1. The van der Waals surface area contributed by atoms with E-state index in [1.54, 1.807) is 4.90 Å². The minimum atomic E-state index is -0.671. The van der Waals surface area contributed by atoms with Crippen molar-refractivity contribution in [3.63, 3.8) is 0 Å². The van der Waals surface area contributed by atoms with Crippen molar-refractivity contribution < 1.29 is 14.3 Å². The quantitative estimate of drug-likeness (QED) is 0.853. The Hall–Kier alpha value is -1.10. The van der Waals surface area contributed by atoms with Gasteiger partial charge in [-0.1, -0.05) is 22.0 Å². The molecule has 0 spiro atoms.